The van der Waals surface area contributed by atoms with E-state index >= 15 is 0 Å². The molecule has 0 aromatic heterocycles. The van der Waals surface area contributed by atoms with Crippen molar-refractivity contribution in [2.24, 2.45) is 0 Å². The van der Waals surface area contributed by atoms with Gasteiger partial charge in [0.2, 0.25) is 0 Å². The van der Waals surface area contributed by atoms with Gasteiger partial charge in [0, 0.05) is 20.3 Å². The fourth-order valence-electron chi connectivity index (χ4n) is 0.969. The molecule has 0 aromatic carbocycles. The summed E-state index contributed by atoms with van der Waals surface area (Å²) >= 11 is 0. The van der Waals surface area contributed by atoms with Gasteiger partial charge in [-0.25, -0.2) is 4.79 Å². The van der Waals surface area contributed by atoms with E-state index < -0.39 is 0 Å². The molecule has 0 aliphatic heterocycles. The van der Waals surface area contributed by atoms with Gasteiger partial charge in [-0.05, 0) is 19.9 Å². The molecule has 1 N–H and O–H groups in total. The van der Waals surface area contributed by atoms with E-state index in [2.05, 4.69) is 5.32 Å². The highest BCUT2D eigenvalue weighted by Crippen LogP contribution is 1.81. The van der Waals surface area contributed by atoms with Crippen LogP contribution in [0.15, 0.2) is 0 Å². The van der Waals surface area contributed by atoms with E-state index in [0.29, 0.717) is 13.2 Å². The molecular formula is C10H21NO4. The minimum absolute atomic E-state index is 0.0353. The molecule has 90 valence electrons. The summed E-state index contributed by atoms with van der Waals surface area (Å²) in [6.45, 7) is 5.13. The second kappa shape index (κ2) is 11.4. The maximum Gasteiger partial charge on any atom is 0.332 e. The summed E-state index contributed by atoms with van der Waals surface area (Å²) in [7, 11) is 1.68. The predicted molar refractivity (Wildman–Crippen MR) is 56.8 cm³/mol. The summed E-state index contributed by atoms with van der Waals surface area (Å²) in [4.78, 5) is 10.8. The first kappa shape index (κ1) is 14.3. The Bertz CT molecular complexity index is 152. The van der Waals surface area contributed by atoms with Gasteiger partial charge >= 0.3 is 5.97 Å². The van der Waals surface area contributed by atoms with Gasteiger partial charge in [-0.15, -0.1) is 0 Å². The summed E-state index contributed by atoms with van der Waals surface area (Å²) in [6, 6.07) is 0. The Kier molecular flexibility index (Phi) is 10.9. The molecule has 15 heavy (non-hydrogen) atoms. The second-order valence-corrected chi connectivity index (χ2v) is 2.95. The van der Waals surface area contributed by atoms with Gasteiger partial charge < -0.3 is 19.5 Å². The quantitative estimate of drug-likeness (QED) is 0.420. The molecule has 5 nitrogen and oxygen atoms in total. The molecule has 0 atom stereocenters. The molecule has 0 aliphatic rings. The minimum atomic E-state index is -0.308. The first-order valence-corrected chi connectivity index (χ1v) is 5.24. The number of nitrogens with one attached hydrogen (secondary N) is 1. The van der Waals surface area contributed by atoms with Crippen molar-refractivity contribution in [3.05, 3.63) is 0 Å². The van der Waals surface area contributed by atoms with E-state index in [1.807, 2.05) is 0 Å². The molecule has 0 aromatic rings. The Morgan fingerprint density at radius 2 is 2.07 bits per heavy atom. The lowest BCUT2D eigenvalue weighted by Gasteiger charge is -2.05. The number of rotatable bonds is 10. The molecule has 0 bridgehead atoms. The van der Waals surface area contributed by atoms with E-state index in [0.717, 1.165) is 26.1 Å². The van der Waals surface area contributed by atoms with Crippen molar-refractivity contribution >= 4 is 5.97 Å². The highest BCUT2D eigenvalue weighted by molar-refractivity contribution is 5.70. The number of methoxy groups -OCH3 is 1. The van der Waals surface area contributed by atoms with Crippen molar-refractivity contribution in [1.82, 2.24) is 5.32 Å². The van der Waals surface area contributed by atoms with E-state index in [1.54, 1.807) is 14.0 Å². The third kappa shape index (κ3) is 11.3. The van der Waals surface area contributed by atoms with Crippen LogP contribution in [0, 0.1) is 0 Å². The van der Waals surface area contributed by atoms with Crippen LogP contribution in [0.25, 0.3) is 0 Å². The van der Waals surface area contributed by atoms with Crippen LogP contribution in [0.4, 0.5) is 0 Å². The molecule has 0 radical (unpaired) electrons. The topological polar surface area (TPSA) is 56.8 Å². The van der Waals surface area contributed by atoms with Crippen LogP contribution in [-0.2, 0) is 19.0 Å². The van der Waals surface area contributed by atoms with Crippen LogP contribution in [0.2, 0.25) is 0 Å². The van der Waals surface area contributed by atoms with Gasteiger partial charge in [0.15, 0.2) is 0 Å². The third-order valence-corrected chi connectivity index (χ3v) is 1.65. The van der Waals surface area contributed by atoms with E-state index in [9.17, 15) is 4.79 Å². The maximum absolute atomic E-state index is 10.8. The number of carbonyl (C=O) groups excluding carboxylic acids is 1. The van der Waals surface area contributed by atoms with Crippen LogP contribution in [0.5, 0.6) is 0 Å². The number of carbonyl (C=O) groups is 1. The summed E-state index contributed by atoms with van der Waals surface area (Å²) in [5.41, 5.74) is 0. The maximum atomic E-state index is 10.8. The summed E-state index contributed by atoms with van der Waals surface area (Å²) in [5, 5.41) is 3.17. The minimum Gasteiger partial charge on any atom is -0.464 e. The Labute approximate surface area is 91.1 Å². The average molecular weight is 219 g/mol. The third-order valence-electron chi connectivity index (χ3n) is 1.65. The molecule has 0 amide bonds. The smallest absolute Gasteiger partial charge is 0.332 e. The highest BCUT2D eigenvalue weighted by atomic mass is 16.6. The van der Waals surface area contributed by atoms with E-state index in [-0.39, 0.29) is 12.6 Å². The molecule has 0 spiro atoms. The monoisotopic (exact) mass is 219 g/mol. The van der Waals surface area contributed by atoms with Crippen LogP contribution < -0.4 is 5.32 Å². The first-order chi connectivity index (χ1) is 7.31. The second-order valence-electron chi connectivity index (χ2n) is 2.95. The van der Waals surface area contributed by atoms with Crippen LogP contribution in [-0.4, -0.2) is 52.6 Å². The summed E-state index contributed by atoms with van der Waals surface area (Å²) in [5.74, 6) is -0.308. The van der Waals surface area contributed by atoms with Gasteiger partial charge in [0.1, 0.15) is 6.61 Å². The van der Waals surface area contributed by atoms with E-state index in [4.69, 9.17) is 14.2 Å². The van der Waals surface area contributed by atoms with Crippen molar-refractivity contribution < 1.29 is 19.0 Å². The molecule has 0 aliphatic carbocycles. The molecule has 0 fully saturated rings. The predicted octanol–water partition coefficient (Wildman–Crippen LogP) is 0.192. The average Bonchev–Trinajstić information content (AvgIpc) is 2.22. The van der Waals surface area contributed by atoms with Crippen molar-refractivity contribution in [3.63, 3.8) is 0 Å². The van der Waals surface area contributed by atoms with Crippen LogP contribution in [0.3, 0.4) is 0 Å². The lowest BCUT2D eigenvalue weighted by Crippen LogP contribution is -2.23. The summed E-state index contributed by atoms with van der Waals surface area (Å²) in [6.07, 6.45) is 0.981. The lowest BCUT2D eigenvalue weighted by molar-refractivity contribution is -0.148. The molecule has 0 heterocycles. The number of hydrogen-bond donors (Lipinski definition) is 1. The van der Waals surface area contributed by atoms with Crippen LogP contribution >= 0.6 is 0 Å². The Morgan fingerprint density at radius 3 is 2.73 bits per heavy atom. The molecule has 0 saturated carbocycles. The first-order valence-electron chi connectivity index (χ1n) is 5.24. The van der Waals surface area contributed by atoms with Crippen molar-refractivity contribution in [2.75, 3.05) is 46.6 Å². The zero-order valence-electron chi connectivity index (χ0n) is 9.58. The molecular weight excluding hydrogens is 198 g/mol. The SMILES string of the molecule is CCOC(=O)COCCNCCCOC. The zero-order chi connectivity index (χ0) is 11.4. The normalized spacial score (nSPS) is 10.3. The largest absolute Gasteiger partial charge is 0.464 e. The Balaban J connectivity index is 3.01. The molecule has 5 heteroatoms. The summed E-state index contributed by atoms with van der Waals surface area (Å²) < 4.78 is 14.7. The standard InChI is InChI=1S/C10H21NO4/c1-3-15-10(12)9-14-8-6-11-5-4-7-13-2/h11H,3-9H2,1-2H3. The number of esters is 1. The number of ether oxygens (including phenoxy) is 3. The van der Waals surface area contributed by atoms with Gasteiger partial charge in [0.05, 0.1) is 13.2 Å². The Hall–Kier alpha value is -0.650. The fourth-order valence-corrected chi connectivity index (χ4v) is 0.969. The number of hydrogen-bond acceptors (Lipinski definition) is 5. The lowest BCUT2D eigenvalue weighted by atomic mass is 10.4. The highest BCUT2D eigenvalue weighted by Gasteiger charge is 1.99. The molecule has 0 saturated heterocycles. The fraction of sp³-hybridized carbons (Fsp3) is 0.900. The zero-order valence-corrected chi connectivity index (χ0v) is 9.58. The molecule has 0 unspecified atom stereocenters. The van der Waals surface area contributed by atoms with Gasteiger partial charge in [-0.2, -0.15) is 0 Å². The van der Waals surface area contributed by atoms with Crippen molar-refractivity contribution in [3.8, 4) is 0 Å². The van der Waals surface area contributed by atoms with Crippen molar-refractivity contribution in [1.29, 1.82) is 0 Å². The van der Waals surface area contributed by atoms with Crippen molar-refractivity contribution in [2.45, 2.75) is 13.3 Å². The molecule has 0 rings (SSSR count). The van der Waals surface area contributed by atoms with Gasteiger partial charge in [-0.1, -0.05) is 0 Å². The van der Waals surface area contributed by atoms with E-state index in [1.165, 1.54) is 0 Å². The Morgan fingerprint density at radius 1 is 1.27 bits per heavy atom. The van der Waals surface area contributed by atoms with Gasteiger partial charge in [0.25, 0.3) is 0 Å². The van der Waals surface area contributed by atoms with Crippen LogP contribution in [0.1, 0.15) is 13.3 Å². The van der Waals surface area contributed by atoms with Gasteiger partial charge in [-0.3, -0.25) is 0 Å².